The number of aryl methyl sites for hydroxylation is 1. The van der Waals surface area contributed by atoms with Crippen LogP contribution >= 0.6 is 23.2 Å². The maximum Gasteiger partial charge on any atom is 0.326 e. The Morgan fingerprint density at radius 3 is 2.31 bits per heavy atom. The Balaban J connectivity index is 1.66. The van der Waals surface area contributed by atoms with Crippen LogP contribution in [0.4, 0.5) is 4.79 Å². The second kappa shape index (κ2) is 9.72. The molecule has 2 heterocycles. The van der Waals surface area contributed by atoms with Gasteiger partial charge >= 0.3 is 6.03 Å². The van der Waals surface area contributed by atoms with Crippen molar-refractivity contribution in [3.63, 3.8) is 0 Å². The number of rotatable bonds is 3. The third-order valence-corrected chi connectivity index (χ3v) is 6.78. The number of carbonyl (C=O) groups excluding carboxylic acids is 2. The molecule has 0 radical (unpaired) electrons. The number of aliphatic imine (C=N–C) groups is 1. The first-order valence-electron chi connectivity index (χ1n) is 11.4. The van der Waals surface area contributed by atoms with Crippen LogP contribution in [0.5, 0.6) is 0 Å². The monoisotopic (exact) mass is 506 g/mol. The van der Waals surface area contributed by atoms with E-state index in [9.17, 15) is 9.59 Å². The van der Waals surface area contributed by atoms with E-state index in [1.165, 1.54) is 0 Å². The van der Waals surface area contributed by atoms with Crippen molar-refractivity contribution in [1.82, 2.24) is 15.1 Å². The van der Waals surface area contributed by atoms with E-state index in [1.807, 2.05) is 61.5 Å². The molecule has 0 spiro atoms. The predicted octanol–water partition coefficient (Wildman–Crippen LogP) is 5.40. The lowest BCUT2D eigenvalue weighted by molar-refractivity contribution is -0.123. The normalized spacial score (nSPS) is 20.0. The van der Waals surface area contributed by atoms with Gasteiger partial charge < -0.3 is 10.2 Å². The van der Waals surface area contributed by atoms with Crippen molar-refractivity contribution in [2.24, 2.45) is 4.99 Å². The molecule has 1 N–H and O–H groups in total. The Kier molecular flexibility index (Phi) is 6.50. The number of hydrogen-bond donors (Lipinski definition) is 1. The summed E-state index contributed by atoms with van der Waals surface area (Å²) in [5.74, 6) is 0.374. The van der Waals surface area contributed by atoms with Crippen molar-refractivity contribution in [2.75, 3.05) is 19.6 Å². The molecule has 2 aliphatic rings. The van der Waals surface area contributed by atoms with Gasteiger partial charge in [0.1, 0.15) is 18.4 Å². The number of amidine groups is 1. The van der Waals surface area contributed by atoms with E-state index in [0.717, 1.165) is 22.3 Å². The van der Waals surface area contributed by atoms with Crippen LogP contribution in [-0.4, -0.2) is 47.2 Å². The zero-order valence-electron chi connectivity index (χ0n) is 19.1. The molecule has 0 aromatic heterocycles. The molecule has 2 unspecified atom stereocenters. The van der Waals surface area contributed by atoms with Crippen LogP contribution in [0, 0.1) is 6.92 Å². The molecule has 5 rings (SSSR count). The molecule has 0 saturated carbocycles. The van der Waals surface area contributed by atoms with Crippen LogP contribution in [-0.2, 0) is 4.79 Å². The van der Waals surface area contributed by atoms with Crippen molar-refractivity contribution >= 4 is 41.0 Å². The van der Waals surface area contributed by atoms with Gasteiger partial charge in [0.2, 0.25) is 5.91 Å². The van der Waals surface area contributed by atoms with E-state index in [4.69, 9.17) is 28.2 Å². The highest BCUT2D eigenvalue weighted by molar-refractivity contribution is 6.31. The summed E-state index contributed by atoms with van der Waals surface area (Å²) >= 11 is 12.3. The lowest BCUT2D eigenvalue weighted by atomic mass is 9.93. The molecule has 1 fully saturated rings. The molecule has 1 saturated heterocycles. The lowest BCUT2D eigenvalue weighted by Gasteiger charge is -2.35. The number of benzene rings is 3. The maximum absolute atomic E-state index is 14.0. The number of hydrogen-bond acceptors (Lipinski definition) is 3. The summed E-state index contributed by atoms with van der Waals surface area (Å²) in [6.45, 7) is 2.88. The first kappa shape index (κ1) is 23.4. The Morgan fingerprint density at radius 2 is 1.66 bits per heavy atom. The third-order valence-electron chi connectivity index (χ3n) is 6.28. The maximum atomic E-state index is 14.0. The molecule has 3 aromatic rings. The Labute approximate surface area is 214 Å². The number of nitrogens with zero attached hydrogens (tertiary/aromatic N) is 3. The summed E-state index contributed by atoms with van der Waals surface area (Å²) < 4.78 is 0. The molecule has 2 atom stereocenters. The van der Waals surface area contributed by atoms with Gasteiger partial charge in [-0.05, 0) is 54.4 Å². The van der Waals surface area contributed by atoms with Crippen molar-refractivity contribution in [3.05, 3.63) is 105 Å². The summed E-state index contributed by atoms with van der Waals surface area (Å²) in [5, 5.41) is 4.02. The van der Waals surface area contributed by atoms with Crippen LogP contribution in [0.25, 0.3) is 0 Å². The van der Waals surface area contributed by atoms with E-state index in [0.29, 0.717) is 29.0 Å². The SMILES string of the molecule is Cc1cccc(C2C(c3ccc(Cl)cc3)N=C(c3ccc(Cl)cc3)N2C(=O)N2CCNC(=O)C2)c1. The number of carbonyl (C=O) groups is 2. The van der Waals surface area contributed by atoms with Gasteiger partial charge in [-0.3, -0.25) is 14.7 Å². The Hall–Kier alpha value is -3.35. The fraction of sp³-hybridized carbons (Fsp3) is 0.222. The number of nitrogens with one attached hydrogen (secondary N) is 1. The number of piperazine rings is 1. The topological polar surface area (TPSA) is 65.0 Å². The van der Waals surface area contributed by atoms with Gasteiger partial charge in [0.05, 0.1) is 6.04 Å². The smallest absolute Gasteiger partial charge is 0.326 e. The van der Waals surface area contributed by atoms with Crippen molar-refractivity contribution in [3.8, 4) is 0 Å². The van der Waals surface area contributed by atoms with Gasteiger partial charge in [0.25, 0.3) is 0 Å². The first-order valence-corrected chi connectivity index (χ1v) is 12.2. The Bertz CT molecular complexity index is 1290. The fourth-order valence-corrected chi connectivity index (χ4v) is 4.87. The summed E-state index contributed by atoms with van der Waals surface area (Å²) in [5.41, 5.74) is 3.77. The zero-order chi connectivity index (χ0) is 24.5. The van der Waals surface area contributed by atoms with Gasteiger partial charge in [-0.2, -0.15) is 0 Å². The van der Waals surface area contributed by atoms with Crippen LogP contribution < -0.4 is 5.32 Å². The van der Waals surface area contributed by atoms with E-state index >= 15 is 0 Å². The molecular formula is C27H24Cl2N4O2. The van der Waals surface area contributed by atoms with Crippen LogP contribution in [0.1, 0.15) is 34.3 Å². The van der Waals surface area contributed by atoms with E-state index < -0.39 is 6.04 Å². The average molecular weight is 507 g/mol. The molecule has 0 aliphatic carbocycles. The molecule has 6 nitrogen and oxygen atoms in total. The predicted molar refractivity (Wildman–Crippen MR) is 138 cm³/mol. The molecule has 0 bridgehead atoms. The van der Waals surface area contributed by atoms with Crippen LogP contribution in [0.2, 0.25) is 10.0 Å². The van der Waals surface area contributed by atoms with Crippen LogP contribution in [0.15, 0.2) is 77.8 Å². The second-order valence-corrected chi connectivity index (χ2v) is 9.61. The third kappa shape index (κ3) is 4.77. The number of halogens is 2. The van der Waals surface area contributed by atoms with Crippen molar-refractivity contribution in [2.45, 2.75) is 19.0 Å². The zero-order valence-corrected chi connectivity index (χ0v) is 20.6. The molecular weight excluding hydrogens is 483 g/mol. The minimum absolute atomic E-state index is 0.00931. The van der Waals surface area contributed by atoms with Gasteiger partial charge in [-0.25, -0.2) is 4.79 Å². The molecule has 3 amide bonds. The second-order valence-electron chi connectivity index (χ2n) is 8.74. The van der Waals surface area contributed by atoms with E-state index in [1.54, 1.807) is 21.9 Å². The summed E-state index contributed by atoms with van der Waals surface area (Å²) in [6, 6.07) is 22.0. The van der Waals surface area contributed by atoms with E-state index in [2.05, 4.69) is 11.4 Å². The van der Waals surface area contributed by atoms with Gasteiger partial charge in [0.15, 0.2) is 0 Å². The average Bonchev–Trinajstić information content (AvgIpc) is 3.25. The summed E-state index contributed by atoms with van der Waals surface area (Å²) in [7, 11) is 0. The van der Waals surface area contributed by atoms with Crippen molar-refractivity contribution in [1.29, 1.82) is 0 Å². The lowest BCUT2D eigenvalue weighted by Crippen LogP contribution is -2.55. The number of amides is 3. The highest BCUT2D eigenvalue weighted by atomic mass is 35.5. The van der Waals surface area contributed by atoms with Gasteiger partial charge in [0, 0.05) is 28.7 Å². The minimum atomic E-state index is -0.403. The van der Waals surface area contributed by atoms with Crippen LogP contribution in [0.3, 0.4) is 0 Å². The quantitative estimate of drug-likeness (QED) is 0.516. The molecule has 8 heteroatoms. The van der Waals surface area contributed by atoms with Gasteiger partial charge in [-0.15, -0.1) is 0 Å². The largest absolute Gasteiger partial charge is 0.353 e. The first-order chi connectivity index (χ1) is 16.9. The molecule has 2 aliphatic heterocycles. The summed E-state index contributed by atoms with van der Waals surface area (Å²) in [4.78, 5) is 34.6. The highest BCUT2D eigenvalue weighted by Crippen LogP contribution is 2.44. The molecule has 35 heavy (non-hydrogen) atoms. The Morgan fingerprint density at radius 1 is 0.971 bits per heavy atom. The highest BCUT2D eigenvalue weighted by Gasteiger charge is 2.44. The van der Waals surface area contributed by atoms with E-state index in [-0.39, 0.29) is 24.5 Å². The van der Waals surface area contributed by atoms with Gasteiger partial charge in [-0.1, -0.05) is 65.2 Å². The standard InChI is InChI=1S/C27H24Cl2N4O2/c1-17-3-2-4-20(15-17)25-24(18-5-9-21(28)10-6-18)31-26(19-7-11-22(29)12-8-19)33(25)27(35)32-14-13-30-23(34)16-32/h2-12,15,24-25H,13-14,16H2,1H3,(H,30,34). The van der Waals surface area contributed by atoms with Crippen molar-refractivity contribution < 1.29 is 9.59 Å². The number of urea groups is 1. The minimum Gasteiger partial charge on any atom is -0.353 e. The fourth-order valence-electron chi connectivity index (χ4n) is 4.62. The molecule has 3 aromatic carbocycles. The summed E-state index contributed by atoms with van der Waals surface area (Å²) in [6.07, 6.45) is 0. The molecule has 178 valence electrons.